The van der Waals surface area contributed by atoms with Crippen LogP contribution in [0.25, 0.3) is 0 Å². The van der Waals surface area contributed by atoms with Gasteiger partial charge in [0, 0.05) is 13.2 Å². The Balaban J connectivity index is 2.82. The van der Waals surface area contributed by atoms with Gasteiger partial charge in [-0.25, -0.2) is 0 Å². The van der Waals surface area contributed by atoms with E-state index < -0.39 is 0 Å². The summed E-state index contributed by atoms with van der Waals surface area (Å²) in [4.78, 5) is 0. The van der Waals surface area contributed by atoms with E-state index in [1.807, 2.05) is 17.9 Å². The van der Waals surface area contributed by atoms with Crippen LogP contribution in [-0.4, -0.2) is 9.78 Å². The highest BCUT2D eigenvalue weighted by atomic mass is 79.9. The van der Waals surface area contributed by atoms with Gasteiger partial charge in [-0.15, -0.1) is 0 Å². The van der Waals surface area contributed by atoms with E-state index >= 15 is 0 Å². The van der Waals surface area contributed by atoms with Gasteiger partial charge < -0.3 is 0 Å². The van der Waals surface area contributed by atoms with Crippen molar-refractivity contribution >= 4 is 15.9 Å². The summed E-state index contributed by atoms with van der Waals surface area (Å²) < 4.78 is 2.95. The molecular weight excluding hydrogens is 216 g/mol. The number of nitrogens with zero attached hydrogens (tertiary/aromatic N) is 2. The van der Waals surface area contributed by atoms with Gasteiger partial charge >= 0.3 is 0 Å². The summed E-state index contributed by atoms with van der Waals surface area (Å²) in [7, 11) is 1.94. The lowest BCUT2D eigenvalue weighted by Crippen LogP contribution is -2.10. The Bertz CT molecular complexity index is 271. The number of hydrogen-bond acceptors (Lipinski definition) is 1. The van der Waals surface area contributed by atoms with Gasteiger partial charge in [0.05, 0.1) is 10.2 Å². The van der Waals surface area contributed by atoms with Crippen molar-refractivity contribution in [2.45, 2.75) is 27.2 Å². The van der Waals surface area contributed by atoms with Crippen LogP contribution in [0.5, 0.6) is 0 Å². The number of halogens is 1. The largest absolute Gasteiger partial charge is 0.274 e. The van der Waals surface area contributed by atoms with Gasteiger partial charge in [-0.05, 0) is 27.8 Å². The molecule has 0 saturated heterocycles. The zero-order chi connectivity index (χ0) is 9.35. The van der Waals surface area contributed by atoms with E-state index in [0.29, 0.717) is 5.41 Å². The van der Waals surface area contributed by atoms with Crippen LogP contribution >= 0.6 is 15.9 Å². The van der Waals surface area contributed by atoms with E-state index in [9.17, 15) is 0 Å². The third kappa shape index (κ3) is 2.63. The smallest absolute Gasteiger partial charge is 0.0771 e. The Morgan fingerprint density at radius 2 is 2.08 bits per heavy atom. The van der Waals surface area contributed by atoms with Crippen molar-refractivity contribution in [1.82, 2.24) is 9.78 Å². The van der Waals surface area contributed by atoms with Crippen LogP contribution in [0.4, 0.5) is 0 Å². The molecule has 0 aliphatic heterocycles. The maximum atomic E-state index is 4.37. The topological polar surface area (TPSA) is 17.8 Å². The van der Waals surface area contributed by atoms with Crippen molar-refractivity contribution in [3.05, 3.63) is 16.4 Å². The fourth-order valence-electron chi connectivity index (χ4n) is 1.13. The SMILES string of the molecule is Cn1cc(Br)c(CC(C)(C)C)n1. The number of rotatable bonds is 1. The minimum Gasteiger partial charge on any atom is -0.274 e. The zero-order valence-corrected chi connectivity index (χ0v) is 9.64. The molecule has 3 heteroatoms. The van der Waals surface area contributed by atoms with Crippen molar-refractivity contribution < 1.29 is 0 Å². The average molecular weight is 231 g/mol. The molecule has 0 amide bonds. The quantitative estimate of drug-likeness (QED) is 0.726. The van der Waals surface area contributed by atoms with Crippen molar-refractivity contribution in [2.75, 3.05) is 0 Å². The third-order valence-corrected chi connectivity index (χ3v) is 2.21. The molecule has 0 aliphatic rings. The highest BCUT2D eigenvalue weighted by molar-refractivity contribution is 9.10. The molecule has 0 radical (unpaired) electrons. The van der Waals surface area contributed by atoms with Crippen LogP contribution in [0.3, 0.4) is 0 Å². The molecule has 0 N–H and O–H groups in total. The fraction of sp³-hybridized carbons (Fsp3) is 0.667. The first-order chi connectivity index (χ1) is 5.38. The summed E-state index contributed by atoms with van der Waals surface area (Å²) in [6.45, 7) is 6.65. The Labute approximate surface area is 82.1 Å². The lowest BCUT2D eigenvalue weighted by Gasteiger charge is -2.16. The molecule has 0 spiro atoms. The molecule has 1 heterocycles. The molecule has 0 saturated carbocycles. The second-order valence-electron chi connectivity index (χ2n) is 4.33. The molecule has 0 fully saturated rings. The van der Waals surface area contributed by atoms with Gasteiger partial charge in [-0.1, -0.05) is 20.8 Å². The minimum absolute atomic E-state index is 0.302. The Kier molecular flexibility index (Phi) is 2.61. The normalized spacial score (nSPS) is 12.1. The number of aryl methyl sites for hydroxylation is 1. The van der Waals surface area contributed by atoms with Gasteiger partial charge in [0.2, 0.25) is 0 Å². The summed E-state index contributed by atoms with van der Waals surface area (Å²) >= 11 is 3.49. The van der Waals surface area contributed by atoms with E-state index in [4.69, 9.17) is 0 Å². The van der Waals surface area contributed by atoms with Gasteiger partial charge in [0.15, 0.2) is 0 Å². The van der Waals surface area contributed by atoms with E-state index in [1.165, 1.54) is 0 Å². The van der Waals surface area contributed by atoms with Gasteiger partial charge in [0.1, 0.15) is 0 Å². The molecule has 1 aromatic rings. The van der Waals surface area contributed by atoms with E-state index in [2.05, 4.69) is 41.8 Å². The van der Waals surface area contributed by atoms with Crippen molar-refractivity contribution in [1.29, 1.82) is 0 Å². The van der Waals surface area contributed by atoms with Gasteiger partial charge in [-0.3, -0.25) is 4.68 Å². The maximum Gasteiger partial charge on any atom is 0.0771 e. The summed E-state index contributed by atoms with van der Waals surface area (Å²) in [5.41, 5.74) is 1.45. The molecule has 0 unspecified atom stereocenters. The first-order valence-electron chi connectivity index (χ1n) is 4.06. The maximum absolute atomic E-state index is 4.37. The monoisotopic (exact) mass is 230 g/mol. The standard InChI is InChI=1S/C9H15BrN2/c1-9(2,3)5-8-7(10)6-12(4)11-8/h6H,5H2,1-4H3. The van der Waals surface area contributed by atoms with E-state index in [-0.39, 0.29) is 0 Å². The number of aromatic nitrogens is 2. The summed E-state index contributed by atoms with van der Waals surface area (Å²) in [6.07, 6.45) is 3.00. The van der Waals surface area contributed by atoms with Gasteiger partial charge in [0.25, 0.3) is 0 Å². The van der Waals surface area contributed by atoms with E-state index in [0.717, 1.165) is 16.6 Å². The van der Waals surface area contributed by atoms with Crippen molar-refractivity contribution in [3.63, 3.8) is 0 Å². The molecule has 1 rings (SSSR count). The molecule has 0 aliphatic carbocycles. The van der Waals surface area contributed by atoms with Crippen LogP contribution in [-0.2, 0) is 13.5 Å². The molecule has 0 atom stereocenters. The Morgan fingerprint density at radius 3 is 2.42 bits per heavy atom. The van der Waals surface area contributed by atoms with Crippen LogP contribution in [0.1, 0.15) is 26.5 Å². The summed E-state index contributed by atoms with van der Waals surface area (Å²) in [6, 6.07) is 0. The molecule has 68 valence electrons. The van der Waals surface area contributed by atoms with Crippen LogP contribution in [0, 0.1) is 5.41 Å². The van der Waals surface area contributed by atoms with Crippen LogP contribution < -0.4 is 0 Å². The minimum atomic E-state index is 0.302. The molecule has 0 aromatic carbocycles. The predicted molar refractivity (Wildman–Crippen MR) is 54.1 cm³/mol. The molecule has 2 nitrogen and oxygen atoms in total. The molecule has 1 aromatic heterocycles. The van der Waals surface area contributed by atoms with Crippen LogP contribution in [0.15, 0.2) is 10.7 Å². The van der Waals surface area contributed by atoms with Crippen LogP contribution in [0.2, 0.25) is 0 Å². The number of hydrogen-bond donors (Lipinski definition) is 0. The molecule has 0 bridgehead atoms. The van der Waals surface area contributed by atoms with Crippen molar-refractivity contribution in [3.8, 4) is 0 Å². The highest BCUT2D eigenvalue weighted by Crippen LogP contribution is 2.24. The predicted octanol–water partition coefficient (Wildman–Crippen LogP) is 2.77. The fourth-order valence-corrected chi connectivity index (χ4v) is 1.64. The van der Waals surface area contributed by atoms with Crippen molar-refractivity contribution in [2.24, 2.45) is 12.5 Å². The van der Waals surface area contributed by atoms with Gasteiger partial charge in [-0.2, -0.15) is 5.10 Å². The molecule has 12 heavy (non-hydrogen) atoms. The Morgan fingerprint density at radius 1 is 1.50 bits per heavy atom. The first kappa shape index (κ1) is 9.78. The third-order valence-electron chi connectivity index (χ3n) is 1.55. The average Bonchev–Trinajstić information content (AvgIpc) is 2.06. The zero-order valence-electron chi connectivity index (χ0n) is 8.06. The second-order valence-corrected chi connectivity index (χ2v) is 5.19. The Hall–Kier alpha value is -0.310. The second kappa shape index (κ2) is 3.21. The van der Waals surface area contributed by atoms with E-state index in [1.54, 1.807) is 0 Å². The first-order valence-corrected chi connectivity index (χ1v) is 4.86. The summed E-state index contributed by atoms with van der Waals surface area (Å²) in [5.74, 6) is 0. The lowest BCUT2D eigenvalue weighted by atomic mass is 9.91. The summed E-state index contributed by atoms with van der Waals surface area (Å²) in [5, 5.41) is 4.37. The highest BCUT2D eigenvalue weighted by Gasteiger charge is 2.15. The molecular formula is C9H15BrN2. The lowest BCUT2D eigenvalue weighted by molar-refractivity contribution is 0.404.